The Balaban J connectivity index is 1.83. The standard InChI is InChI=1S/C18H29N3/c1-13-4-7-17(14(2)10-13)18(11-19)21-9-8-15-5-6-16(12-21)20(15)3/h4,7,10,15-16,18H,5-6,8-9,11-12,19H2,1-3H3. The number of hydrogen-bond acceptors (Lipinski definition) is 3. The first kappa shape index (κ1) is 15.0. The van der Waals surface area contributed by atoms with E-state index in [1.54, 1.807) is 0 Å². The van der Waals surface area contributed by atoms with Crippen molar-refractivity contribution in [1.82, 2.24) is 9.80 Å². The topological polar surface area (TPSA) is 32.5 Å². The first-order chi connectivity index (χ1) is 10.1. The molecule has 1 aromatic carbocycles. The summed E-state index contributed by atoms with van der Waals surface area (Å²) in [6.45, 7) is 7.45. The van der Waals surface area contributed by atoms with Crippen LogP contribution in [0.5, 0.6) is 0 Å². The smallest absolute Gasteiger partial charge is 0.0473 e. The monoisotopic (exact) mass is 287 g/mol. The van der Waals surface area contributed by atoms with Gasteiger partial charge in [-0.15, -0.1) is 0 Å². The number of likely N-dealkylation sites (tertiary alicyclic amines) is 1. The van der Waals surface area contributed by atoms with Crippen molar-refractivity contribution >= 4 is 0 Å². The predicted octanol–water partition coefficient (Wildman–Crippen LogP) is 2.47. The van der Waals surface area contributed by atoms with Crippen LogP contribution in [0.2, 0.25) is 0 Å². The van der Waals surface area contributed by atoms with Crippen LogP contribution in [0, 0.1) is 13.8 Å². The summed E-state index contributed by atoms with van der Waals surface area (Å²) in [6, 6.07) is 8.68. The van der Waals surface area contributed by atoms with Crippen LogP contribution < -0.4 is 5.73 Å². The first-order valence-corrected chi connectivity index (χ1v) is 8.33. The Labute approximate surface area is 129 Å². The second kappa shape index (κ2) is 6.07. The Morgan fingerprint density at radius 3 is 2.67 bits per heavy atom. The van der Waals surface area contributed by atoms with Gasteiger partial charge >= 0.3 is 0 Å². The molecule has 3 heteroatoms. The molecule has 0 radical (unpaired) electrons. The van der Waals surface area contributed by atoms with Crippen LogP contribution in [-0.4, -0.2) is 48.6 Å². The maximum absolute atomic E-state index is 6.17. The third-order valence-corrected chi connectivity index (χ3v) is 5.63. The van der Waals surface area contributed by atoms with Crippen LogP contribution in [0.3, 0.4) is 0 Å². The van der Waals surface area contributed by atoms with E-state index in [9.17, 15) is 0 Å². The van der Waals surface area contributed by atoms with Gasteiger partial charge in [-0.1, -0.05) is 23.8 Å². The summed E-state index contributed by atoms with van der Waals surface area (Å²) in [6.07, 6.45) is 4.02. The van der Waals surface area contributed by atoms with Crippen molar-refractivity contribution in [3.8, 4) is 0 Å². The van der Waals surface area contributed by atoms with Gasteiger partial charge in [-0.05, 0) is 51.3 Å². The largest absolute Gasteiger partial charge is 0.329 e. The van der Waals surface area contributed by atoms with E-state index in [1.165, 1.54) is 49.0 Å². The van der Waals surface area contributed by atoms with Gasteiger partial charge in [0.05, 0.1) is 0 Å². The van der Waals surface area contributed by atoms with E-state index in [0.29, 0.717) is 12.6 Å². The summed E-state index contributed by atoms with van der Waals surface area (Å²) >= 11 is 0. The van der Waals surface area contributed by atoms with Crippen LogP contribution in [0.25, 0.3) is 0 Å². The maximum Gasteiger partial charge on any atom is 0.0473 e. The lowest BCUT2D eigenvalue weighted by Crippen LogP contribution is -2.41. The van der Waals surface area contributed by atoms with Crippen molar-refractivity contribution in [3.63, 3.8) is 0 Å². The van der Waals surface area contributed by atoms with Gasteiger partial charge in [0.25, 0.3) is 0 Å². The predicted molar refractivity (Wildman–Crippen MR) is 88.5 cm³/mol. The second-order valence-corrected chi connectivity index (χ2v) is 6.95. The highest BCUT2D eigenvalue weighted by molar-refractivity contribution is 5.33. The lowest BCUT2D eigenvalue weighted by molar-refractivity contribution is 0.174. The van der Waals surface area contributed by atoms with Gasteiger partial charge in [-0.25, -0.2) is 0 Å². The Hall–Kier alpha value is -0.900. The van der Waals surface area contributed by atoms with Crippen LogP contribution in [0.15, 0.2) is 18.2 Å². The lowest BCUT2D eigenvalue weighted by atomic mass is 9.96. The van der Waals surface area contributed by atoms with Gasteiger partial charge in [-0.2, -0.15) is 0 Å². The molecule has 3 atom stereocenters. The summed E-state index contributed by atoms with van der Waals surface area (Å²) in [5.41, 5.74) is 10.3. The SMILES string of the molecule is Cc1ccc(C(CN)N2CCC3CCC(C2)N3C)c(C)c1. The van der Waals surface area contributed by atoms with Crippen molar-refractivity contribution in [3.05, 3.63) is 34.9 Å². The minimum atomic E-state index is 0.373. The van der Waals surface area contributed by atoms with Crippen molar-refractivity contribution < 1.29 is 0 Å². The highest BCUT2D eigenvalue weighted by atomic mass is 15.3. The molecule has 2 N–H and O–H groups in total. The zero-order valence-electron chi connectivity index (χ0n) is 13.7. The van der Waals surface area contributed by atoms with Gasteiger partial charge in [0, 0.05) is 37.8 Å². The molecule has 2 aliphatic rings. The number of fused-ring (bicyclic) bond motifs is 2. The Kier molecular flexibility index (Phi) is 4.34. The second-order valence-electron chi connectivity index (χ2n) is 6.95. The number of aryl methyl sites for hydroxylation is 2. The van der Waals surface area contributed by atoms with Gasteiger partial charge in [-0.3, -0.25) is 9.80 Å². The minimum Gasteiger partial charge on any atom is -0.329 e. The molecule has 0 aromatic heterocycles. The molecule has 3 rings (SSSR count). The van der Waals surface area contributed by atoms with Gasteiger partial charge in [0.1, 0.15) is 0 Å². The number of nitrogens with zero attached hydrogens (tertiary/aromatic N) is 2. The molecule has 2 aliphatic heterocycles. The molecule has 0 amide bonds. The van der Waals surface area contributed by atoms with Crippen LogP contribution in [-0.2, 0) is 0 Å². The number of hydrogen-bond donors (Lipinski definition) is 1. The van der Waals surface area contributed by atoms with E-state index in [-0.39, 0.29) is 0 Å². The quantitative estimate of drug-likeness (QED) is 0.927. The third-order valence-electron chi connectivity index (χ3n) is 5.63. The summed E-state index contributed by atoms with van der Waals surface area (Å²) in [5, 5.41) is 0. The highest BCUT2D eigenvalue weighted by Gasteiger charge is 2.36. The van der Waals surface area contributed by atoms with E-state index in [2.05, 4.69) is 48.9 Å². The van der Waals surface area contributed by atoms with Crippen LogP contribution >= 0.6 is 0 Å². The lowest BCUT2D eigenvalue weighted by Gasteiger charge is -2.33. The molecule has 21 heavy (non-hydrogen) atoms. The Bertz CT molecular complexity index is 499. The molecule has 0 saturated carbocycles. The molecule has 1 aromatic rings. The Morgan fingerprint density at radius 1 is 1.19 bits per heavy atom. The molecule has 0 aliphatic carbocycles. The van der Waals surface area contributed by atoms with Gasteiger partial charge in [0.15, 0.2) is 0 Å². The molecule has 2 heterocycles. The molecule has 116 valence electrons. The summed E-state index contributed by atoms with van der Waals surface area (Å²) < 4.78 is 0. The fourth-order valence-corrected chi connectivity index (χ4v) is 4.29. The third kappa shape index (κ3) is 2.87. The molecular weight excluding hydrogens is 258 g/mol. The molecule has 2 saturated heterocycles. The summed E-state index contributed by atoms with van der Waals surface area (Å²) in [4.78, 5) is 5.24. The van der Waals surface area contributed by atoms with Crippen LogP contribution in [0.4, 0.5) is 0 Å². The first-order valence-electron chi connectivity index (χ1n) is 8.33. The highest BCUT2D eigenvalue weighted by Crippen LogP contribution is 2.33. The molecule has 3 unspecified atom stereocenters. The number of likely N-dealkylation sites (N-methyl/N-ethyl adjacent to an activating group) is 1. The van der Waals surface area contributed by atoms with E-state index in [4.69, 9.17) is 5.73 Å². The number of nitrogens with two attached hydrogens (primary N) is 1. The molecule has 3 nitrogen and oxygen atoms in total. The fraction of sp³-hybridized carbons (Fsp3) is 0.667. The zero-order chi connectivity index (χ0) is 15.0. The van der Waals surface area contributed by atoms with E-state index in [0.717, 1.165) is 12.1 Å². The molecule has 2 fully saturated rings. The van der Waals surface area contributed by atoms with Gasteiger partial charge < -0.3 is 5.73 Å². The minimum absolute atomic E-state index is 0.373. The molecule has 2 bridgehead atoms. The Morgan fingerprint density at radius 2 is 1.95 bits per heavy atom. The number of benzene rings is 1. The summed E-state index contributed by atoms with van der Waals surface area (Å²) in [7, 11) is 2.31. The van der Waals surface area contributed by atoms with E-state index >= 15 is 0 Å². The van der Waals surface area contributed by atoms with Crippen molar-refractivity contribution in [2.24, 2.45) is 5.73 Å². The van der Waals surface area contributed by atoms with Gasteiger partial charge in [0.2, 0.25) is 0 Å². The van der Waals surface area contributed by atoms with Crippen molar-refractivity contribution in [1.29, 1.82) is 0 Å². The average molecular weight is 287 g/mol. The van der Waals surface area contributed by atoms with E-state index < -0.39 is 0 Å². The average Bonchev–Trinajstić information content (AvgIpc) is 2.68. The maximum atomic E-state index is 6.17. The fourth-order valence-electron chi connectivity index (χ4n) is 4.29. The summed E-state index contributed by atoms with van der Waals surface area (Å²) in [5.74, 6) is 0. The van der Waals surface area contributed by atoms with E-state index in [1.807, 2.05) is 0 Å². The zero-order valence-corrected chi connectivity index (χ0v) is 13.7. The molecule has 0 spiro atoms. The normalized spacial score (nSPS) is 28.6. The van der Waals surface area contributed by atoms with Crippen LogP contribution in [0.1, 0.15) is 42.0 Å². The molecular formula is C18H29N3. The van der Waals surface area contributed by atoms with Crippen molar-refractivity contribution in [2.75, 3.05) is 26.7 Å². The number of rotatable bonds is 3. The van der Waals surface area contributed by atoms with Crippen molar-refractivity contribution in [2.45, 2.75) is 51.2 Å².